The van der Waals surface area contributed by atoms with Crippen molar-refractivity contribution in [2.24, 2.45) is 5.73 Å². The monoisotopic (exact) mass is 238 g/mol. The molecule has 5 nitrogen and oxygen atoms in total. The van der Waals surface area contributed by atoms with E-state index in [0.29, 0.717) is 12.6 Å². The van der Waals surface area contributed by atoms with E-state index in [1.54, 1.807) is 7.11 Å². The Bertz CT molecular complexity index is 331. The van der Waals surface area contributed by atoms with Crippen LogP contribution in [0, 0.1) is 0 Å². The third-order valence-corrected chi connectivity index (χ3v) is 3.33. The Labute approximate surface area is 103 Å². The fourth-order valence-corrected chi connectivity index (χ4v) is 2.29. The average molecular weight is 238 g/mol. The van der Waals surface area contributed by atoms with Gasteiger partial charge in [-0.2, -0.15) is 0 Å². The molecule has 17 heavy (non-hydrogen) atoms. The van der Waals surface area contributed by atoms with Gasteiger partial charge in [-0.25, -0.2) is 4.98 Å². The van der Waals surface area contributed by atoms with E-state index in [4.69, 9.17) is 10.5 Å². The first-order valence-electron chi connectivity index (χ1n) is 6.27. The molecule has 0 aromatic carbocycles. The Balaban J connectivity index is 1.80. The number of aromatic nitrogens is 2. The number of rotatable bonds is 5. The molecule has 0 saturated carbocycles. The highest BCUT2D eigenvalue weighted by Gasteiger charge is 2.19. The van der Waals surface area contributed by atoms with Crippen molar-refractivity contribution in [3.8, 4) is 0 Å². The second-order valence-corrected chi connectivity index (χ2v) is 4.60. The normalized spacial score (nSPS) is 18.7. The van der Waals surface area contributed by atoms with E-state index in [9.17, 15) is 0 Å². The quantitative estimate of drug-likeness (QED) is 0.809. The third kappa shape index (κ3) is 3.52. The van der Waals surface area contributed by atoms with Crippen LogP contribution in [0.2, 0.25) is 0 Å². The van der Waals surface area contributed by atoms with Crippen molar-refractivity contribution in [3.05, 3.63) is 18.2 Å². The number of imidazole rings is 1. The number of ether oxygens (including phenoxy) is 1. The summed E-state index contributed by atoms with van der Waals surface area (Å²) in [7, 11) is 1.80. The molecule has 1 aliphatic rings. The lowest BCUT2D eigenvalue weighted by atomic mass is 10.1. The zero-order valence-corrected chi connectivity index (χ0v) is 10.5. The summed E-state index contributed by atoms with van der Waals surface area (Å²) in [5.74, 6) is 0. The molecule has 0 radical (unpaired) electrons. The molecule has 1 saturated heterocycles. The van der Waals surface area contributed by atoms with Crippen molar-refractivity contribution in [1.29, 1.82) is 0 Å². The van der Waals surface area contributed by atoms with Crippen LogP contribution in [-0.2, 0) is 17.8 Å². The molecule has 0 bridgehead atoms. The number of nitrogens with two attached hydrogens (primary N) is 1. The van der Waals surface area contributed by atoms with Gasteiger partial charge >= 0.3 is 0 Å². The second-order valence-electron chi connectivity index (χ2n) is 4.60. The summed E-state index contributed by atoms with van der Waals surface area (Å²) in [6, 6.07) is 0. The molecule has 0 unspecified atom stereocenters. The van der Waals surface area contributed by atoms with Gasteiger partial charge in [0.25, 0.3) is 0 Å². The highest BCUT2D eigenvalue weighted by atomic mass is 16.5. The maximum atomic E-state index is 5.51. The number of nitrogens with zero attached hydrogens (tertiary/aromatic N) is 3. The molecule has 96 valence electrons. The van der Waals surface area contributed by atoms with Crippen molar-refractivity contribution in [2.45, 2.75) is 32.0 Å². The van der Waals surface area contributed by atoms with Crippen LogP contribution >= 0.6 is 0 Å². The average Bonchev–Trinajstić information content (AvgIpc) is 2.78. The number of hydrogen-bond donors (Lipinski definition) is 1. The Hall–Kier alpha value is -0.910. The first-order valence-corrected chi connectivity index (χ1v) is 6.27. The predicted molar refractivity (Wildman–Crippen MR) is 66.6 cm³/mol. The van der Waals surface area contributed by atoms with Crippen LogP contribution in [0.5, 0.6) is 0 Å². The first-order chi connectivity index (χ1) is 8.31. The number of hydrogen-bond acceptors (Lipinski definition) is 4. The summed E-state index contributed by atoms with van der Waals surface area (Å²) in [5.41, 5.74) is 6.65. The molecule has 1 aromatic rings. The van der Waals surface area contributed by atoms with Gasteiger partial charge in [-0.05, 0) is 12.8 Å². The lowest BCUT2D eigenvalue weighted by molar-refractivity contribution is 0.0385. The van der Waals surface area contributed by atoms with E-state index in [-0.39, 0.29) is 0 Å². The molecule has 2 N–H and O–H groups in total. The Kier molecular flexibility index (Phi) is 4.53. The molecule has 0 spiro atoms. The zero-order chi connectivity index (χ0) is 12.1. The van der Waals surface area contributed by atoms with Crippen molar-refractivity contribution in [1.82, 2.24) is 14.5 Å². The van der Waals surface area contributed by atoms with E-state index >= 15 is 0 Å². The SMILES string of the molecule is COC1CCN(Cc2cn(CCN)cn2)CC1. The lowest BCUT2D eigenvalue weighted by Gasteiger charge is -2.30. The minimum atomic E-state index is 0.445. The molecule has 1 aliphatic heterocycles. The van der Waals surface area contributed by atoms with Gasteiger partial charge in [-0.15, -0.1) is 0 Å². The first kappa shape index (κ1) is 12.5. The van der Waals surface area contributed by atoms with Crippen LogP contribution in [0.4, 0.5) is 0 Å². The van der Waals surface area contributed by atoms with Gasteiger partial charge in [0.2, 0.25) is 0 Å². The fraction of sp³-hybridized carbons (Fsp3) is 0.750. The summed E-state index contributed by atoms with van der Waals surface area (Å²) >= 11 is 0. The van der Waals surface area contributed by atoms with Gasteiger partial charge in [0, 0.05) is 46.0 Å². The van der Waals surface area contributed by atoms with Gasteiger partial charge in [0.15, 0.2) is 0 Å². The molecular formula is C12H22N4O. The topological polar surface area (TPSA) is 56.3 Å². The van der Waals surface area contributed by atoms with Gasteiger partial charge < -0.3 is 15.0 Å². The second kappa shape index (κ2) is 6.14. The van der Waals surface area contributed by atoms with Crippen molar-refractivity contribution in [2.75, 3.05) is 26.7 Å². The van der Waals surface area contributed by atoms with Crippen LogP contribution < -0.4 is 5.73 Å². The summed E-state index contributed by atoms with van der Waals surface area (Å²) in [4.78, 5) is 6.84. The van der Waals surface area contributed by atoms with Crippen molar-refractivity contribution in [3.63, 3.8) is 0 Å². The number of methoxy groups -OCH3 is 1. The number of piperidine rings is 1. The highest BCUT2D eigenvalue weighted by molar-refractivity contribution is 4.97. The molecule has 0 aliphatic carbocycles. The lowest BCUT2D eigenvalue weighted by Crippen LogP contribution is -2.36. The van der Waals surface area contributed by atoms with E-state index < -0.39 is 0 Å². The Morgan fingerprint density at radius 2 is 2.24 bits per heavy atom. The van der Waals surface area contributed by atoms with Gasteiger partial charge in [-0.3, -0.25) is 4.90 Å². The number of likely N-dealkylation sites (tertiary alicyclic amines) is 1. The highest BCUT2D eigenvalue weighted by Crippen LogP contribution is 2.14. The summed E-state index contributed by atoms with van der Waals surface area (Å²) < 4.78 is 7.42. The van der Waals surface area contributed by atoms with Crippen LogP contribution in [0.1, 0.15) is 18.5 Å². The standard InChI is InChI=1S/C12H22N4O/c1-17-12-2-5-15(6-3-12)8-11-9-16(7-4-13)10-14-11/h9-10,12H,2-8,13H2,1H3. The van der Waals surface area contributed by atoms with Crippen LogP contribution in [0.3, 0.4) is 0 Å². The minimum Gasteiger partial charge on any atom is -0.381 e. The van der Waals surface area contributed by atoms with Crippen LogP contribution in [0.15, 0.2) is 12.5 Å². The maximum absolute atomic E-state index is 5.51. The molecule has 5 heteroatoms. The Morgan fingerprint density at radius 3 is 2.88 bits per heavy atom. The summed E-state index contributed by atoms with van der Waals surface area (Å²) in [6.07, 6.45) is 6.65. The van der Waals surface area contributed by atoms with E-state index in [0.717, 1.165) is 44.7 Å². The molecule has 1 aromatic heterocycles. The molecule has 0 atom stereocenters. The summed E-state index contributed by atoms with van der Waals surface area (Å²) in [6.45, 7) is 4.65. The van der Waals surface area contributed by atoms with Gasteiger partial charge in [0.05, 0.1) is 18.1 Å². The summed E-state index contributed by atoms with van der Waals surface area (Å²) in [5, 5.41) is 0. The molecular weight excluding hydrogens is 216 g/mol. The van der Waals surface area contributed by atoms with Crippen molar-refractivity contribution < 1.29 is 4.74 Å². The molecule has 2 heterocycles. The maximum Gasteiger partial charge on any atom is 0.0950 e. The van der Waals surface area contributed by atoms with E-state index in [2.05, 4.69) is 20.6 Å². The van der Waals surface area contributed by atoms with Crippen LogP contribution in [0.25, 0.3) is 0 Å². The molecule has 1 fully saturated rings. The van der Waals surface area contributed by atoms with Gasteiger partial charge in [-0.1, -0.05) is 0 Å². The largest absolute Gasteiger partial charge is 0.381 e. The smallest absolute Gasteiger partial charge is 0.0950 e. The van der Waals surface area contributed by atoms with Gasteiger partial charge in [0.1, 0.15) is 0 Å². The fourth-order valence-electron chi connectivity index (χ4n) is 2.29. The third-order valence-electron chi connectivity index (χ3n) is 3.33. The molecule has 0 amide bonds. The van der Waals surface area contributed by atoms with E-state index in [1.807, 2.05) is 6.33 Å². The minimum absolute atomic E-state index is 0.445. The van der Waals surface area contributed by atoms with Crippen molar-refractivity contribution >= 4 is 0 Å². The van der Waals surface area contributed by atoms with E-state index in [1.165, 1.54) is 0 Å². The Morgan fingerprint density at radius 1 is 1.47 bits per heavy atom. The zero-order valence-electron chi connectivity index (χ0n) is 10.5. The molecule has 2 rings (SSSR count). The van der Waals surface area contributed by atoms with Crippen LogP contribution in [-0.4, -0.2) is 47.3 Å². The predicted octanol–water partition coefficient (Wildman–Crippen LogP) is 0.453.